The summed E-state index contributed by atoms with van der Waals surface area (Å²) in [4.78, 5) is 11.1. The van der Waals surface area contributed by atoms with Gasteiger partial charge in [-0.2, -0.15) is 0 Å². The predicted octanol–water partition coefficient (Wildman–Crippen LogP) is 2.61. The monoisotopic (exact) mass is 221 g/mol. The summed E-state index contributed by atoms with van der Waals surface area (Å²) in [6.07, 6.45) is 1.98. The average Bonchev–Trinajstić information content (AvgIpc) is 2.33. The second-order valence-electron chi connectivity index (χ2n) is 3.34. The van der Waals surface area contributed by atoms with Gasteiger partial charge in [0.05, 0.1) is 0 Å². The van der Waals surface area contributed by atoms with Gasteiger partial charge in [-0.05, 0) is 18.6 Å². The zero-order valence-corrected chi connectivity index (χ0v) is 9.35. The van der Waals surface area contributed by atoms with Gasteiger partial charge in [-0.25, -0.2) is 0 Å². The molecule has 0 fully saturated rings. The van der Waals surface area contributed by atoms with Crippen molar-refractivity contribution in [1.82, 2.24) is 0 Å². The molecule has 16 heavy (non-hydrogen) atoms. The van der Waals surface area contributed by atoms with E-state index in [2.05, 4.69) is 6.92 Å². The standard InChI is InChI=1S/C13H17O3/c1-2-3-9-13(14)16-11-10-15-12-7-5-4-6-8-12/h4-8H,1-3,9-11H2. The van der Waals surface area contributed by atoms with Gasteiger partial charge in [-0.3, -0.25) is 4.79 Å². The smallest absolute Gasteiger partial charge is 0.305 e. The number of carbonyl (C=O) groups excluding carboxylic acids is 1. The van der Waals surface area contributed by atoms with Gasteiger partial charge in [0.2, 0.25) is 0 Å². The molecule has 0 N–H and O–H groups in total. The number of para-hydroxylation sites is 1. The van der Waals surface area contributed by atoms with Gasteiger partial charge in [0.1, 0.15) is 19.0 Å². The fourth-order valence-corrected chi connectivity index (χ4v) is 1.17. The zero-order valence-electron chi connectivity index (χ0n) is 9.35. The molecule has 0 bridgehead atoms. The average molecular weight is 221 g/mol. The van der Waals surface area contributed by atoms with Crippen molar-refractivity contribution in [3.05, 3.63) is 37.3 Å². The normalized spacial score (nSPS) is 9.81. The lowest BCUT2D eigenvalue weighted by Gasteiger charge is -2.06. The van der Waals surface area contributed by atoms with Gasteiger partial charge in [0.15, 0.2) is 0 Å². The molecule has 3 nitrogen and oxygen atoms in total. The number of unbranched alkanes of at least 4 members (excludes halogenated alkanes) is 1. The fraction of sp³-hybridized carbons (Fsp3) is 0.385. The van der Waals surface area contributed by atoms with E-state index in [9.17, 15) is 4.79 Å². The summed E-state index contributed by atoms with van der Waals surface area (Å²) in [5.41, 5.74) is 0. The lowest BCUT2D eigenvalue weighted by molar-refractivity contribution is -0.144. The minimum atomic E-state index is -0.180. The third-order valence-corrected chi connectivity index (χ3v) is 1.99. The van der Waals surface area contributed by atoms with Crippen LogP contribution in [0, 0.1) is 6.92 Å². The van der Waals surface area contributed by atoms with Crippen molar-refractivity contribution >= 4 is 5.97 Å². The number of hydrogen-bond donors (Lipinski definition) is 0. The maximum absolute atomic E-state index is 11.1. The molecule has 0 saturated carbocycles. The number of carbonyl (C=O) groups is 1. The maximum Gasteiger partial charge on any atom is 0.305 e. The zero-order chi connectivity index (χ0) is 11.6. The number of rotatable bonds is 7. The minimum absolute atomic E-state index is 0.180. The van der Waals surface area contributed by atoms with Crippen LogP contribution in [0.4, 0.5) is 0 Å². The Hall–Kier alpha value is -1.51. The molecule has 1 radical (unpaired) electrons. The van der Waals surface area contributed by atoms with Crippen LogP contribution in [-0.2, 0) is 9.53 Å². The van der Waals surface area contributed by atoms with Gasteiger partial charge in [-0.15, -0.1) is 0 Å². The van der Waals surface area contributed by atoms with Crippen LogP contribution in [0.3, 0.4) is 0 Å². The van der Waals surface area contributed by atoms with E-state index in [1.165, 1.54) is 0 Å². The molecule has 0 aromatic heterocycles. The summed E-state index contributed by atoms with van der Waals surface area (Å²) >= 11 is 0. The first kappa shape index (κ1) is 12.6. The van der Waals surface area contributed by atoms with Gasteiger partial charge in [0, 0.05) is 6.42 Å². The third kappa shape index (κ3) is 5.39. The van der Waals surface area contributed by atoms with E-state index in [1.54, 1.807) is 0 Å². The van der Waals surface area contributed by atoms with E-state index in [0.29, 0.717) is 19.6 Å². The fourth-order valence-electron chi connectivity index (χ4n) is 1.17. The Bertz CT molecular complexity index is 295. The molecule has 0 spiro atoms. The van der Waals surface area contributed by atoms with Gasteiger partial charge < -0.3 is 9.47 Å². The van der Waals surface area contributed by atoms with Crippen molar-refractivity contribution in [3.63, 3.8) is 0 Å². The molecule has 3 heteroatoms. The van der Waals surface area contributed by atoms with E-state index in [-0.39, 0.29) is 5.97 Å². The first-order chi connectivity index (χ1) is 7.83. The highest BCUT2D eigenvalue weighted by Gasteiger charge is 2.01. The van der Waals surface area contributed by atoms with Crippen LogP contribution in [0.25, 0.3) is 0 Å². The van der Waals surface area contributed by atoms with E-state index >= 15 is 0 Å². The van der Waals surface area contributed by atoms with Gasteiger partial charge >= 0.3 is 5.97 Å². The van der Waals surface area contributed by atoms with Crippen molar-refractivity contribution in [2.75, 3.05) is 13.2 Å². The Morgan fingerprint density at radius 2 is 1.94 bits per heavy atom. The molecule has 87 valence electrons. The maximum atomic E-state index is 11.1. The van der Waals surface area contributed by atoms with Crippen molar-refractivity contribution < 1.29 is 14.3 Å². The van der Waals surface area contributed by atoms with Crippen molar-refractivity contribution in [3.8, 4) is 5.75 Å². The minimum Gasteiger partial charge on any atom is -0.490 e. The second kappa shape index (κ2) is 7.74. The summed E-state index contributed by atoms with van der Waals surface area (Å²) in [6.45, 7) is 4.35. The van der Waals surface area contributed by atoms with E-state index in [4.69, 9.17) is 9.47 Å². The quantitative estimate of drug-likeness (QED) is 0.524. The van der Waals surface area contributed by atoms with Gasteiger partial charge in [0.25, 0.3) is 0 Å². The van der Waals surface area contributed by atoms with E-state index < -0.39 is 0 Å². The lowest BCUT2D eigenvalue weighted by Crippen LogP contribution is -2.11. The molecular weight excluding hydrogens is 204 g/mol. The third-order valence-electron chi connectivity index (χ3n) is 1.99. The first-order valence-corrected chi connectivity index (χ1v) is 5.45. The number of hydrogen-bond acceptors (Lipinski definition) is 3. The van der Waals surface area contributed by atoms with E-state index in [1.807, 2.05) is 30.3 Å². The van der Waals surface area contributed by atoms with Crippen LogP contribution in [0.15, 0.2) is 30.3 Å². The predicted molar refractivity (Wildman–Crippen MR) is 62.1 cm³/mol. The number of esters is 1. The van der Waals surface area contributed by atoms with E-state index in [0.717, 1.165) is 18.6 Å². The molecule has 1 aromatic carbocycles. The van der Waals surface area contributed by atoms with Crippen molar-refractivity contribution in [1.29, 1.82) is 0 Å². The van der Waals surface area contributed by atoms with Crippen LogP contribution in [0.5, 0.6) is 5.75 Å². The van der Waals surface area contributed by atoms with Crippen LogP contribution in [0.1, 0.15) is 19.3 Å². The Morgan fingerprint density at radius 3 is 2.62 bits per heavy atom. The number of benzene rings is 1. The molecule has 1 rings (SSSR count). The highest BCUT2D eigenvalue weighted by Crippen LogP contribution is 2.07. The molecule has 1 aromatic rings. The summed E-state index contributed by atoms with van der Waals surface area (Å²) in [5.74, 6) is 0.608. The molecular formula is C13H17O3. The van der Waals surface area contributed by atoms with Crippen molar-refractivity contribution in [2.45, 2.75) is 19.3 Å². The van der Waals surface area contributed by atoms with Crippen LogP contribution >= 0.6 is 0 Å². The highest BCUT2D eigenvalue weighted by molar-refractivity contribution is 5.69. The van der Waals surface area contributed by atoms with Gasteiger partial charge in [-0.1, -0.05) is 31.5 Å². The molecule has 0 aliphatic heterocycles. The summed E-state index contributed by atoms with van der Waals surface area (Å²) in [7, 11) is 0. The number of ether oxygens (including phenoxy) is 2. The Morgan fingerprint density at radius 1 is 1.19 bits per heavy atom. The highest BCUT2D eigenvalue weighted by atomic mass is 16.6. The molecule has 0 saturated heterocycles. The van der Waals surface area contributed by atoms with Crippen molar-refractivity contribution in [2.24, 2.45) is 0 Å². The summed E-state index contributed by atoms with van der Waals surface area (Å²) in [5, 5.41) is 0. The molecule has 0 heterocycles. The molecule has 0 aliphatic rings. The van der Waals surface area contributed by atoms with Crippen LogP contribution in [0.2, 0.25) is 0 Å². The Kier molecular flexibility index (Phi) is 6.07. The SMILES string of the molecule is [CH2]CCCC(=O)OCCOc1ccccc1. The summed E-state index contributed by atoms with van der Waals surface area (Å²) in [6, 6.07) is 9.45. The topological polar surface area (TPSA) is 35.5 Å². The second-order valence-corrected chi connectivity index (χ2v) is 3.34. The molecule has 0 aliphatic carbocycles. The Labute approximate surface area is 96.4 Å². The molecule has 0 amide bonds. The molecule has 0 atom stereocenters. The molecule has 0 unspecified atom stereocenters. The Balaban J connectivity index is 2.06. The van der Waals surface area contributed by atoms with Crippen LogP contribution in [-0.4, -0.2) is 19.2 Å². The van der Waals surface area contributed by atoms with Crippen LogP contribution < -0.4 is 4.74 Å². The summed E-state index contributed by atoms with van der Waals surface area (Å²) < 4.78 is 10.3. The lowest BCUT2D eigenvalue weighted by atomic mass is 10.2. The first-order valence-electron chi connectivity index (χ1n) is 5.45. The largest absolute Gasteiger partial charge is 0.490 e.